The lowest BCUT2D eigenvalue weighted by molar-refractivity contribution is -0.120. The Labute approximate surface area is 147 Å². The fraction of sp³-hybridized carbons (Fsp3) is 0.222. The van der Waals surface area contributed by atoms with Crippen molar-refractivity contribution in [3.05, 3.63) is 71.3 Å². The van der Waals surface area contributed by atoms with Crippen LogP contribution in [0.15, 0.2) is 54.6 Å². The molecule has 0 unspecified atom stereocenters. The van der Waals surface area contributed by atoms with Crippen LogP contribution in [0, 0.1) is 0 Å². The SMILES string of the molecule is C[C@@H](C(=O)NS(=O)(=O)CCN)c1cccc(C(=O)c2ccccc2)c1. The van der Waals surface area contributed by atoms with Gasteiger partial charge in [-0.1, -0.05) is 48.5 Å². The smallest absolute Gasteiger partial charge is 0.240 e. The molecule has 2 aromatic rings. The van der Waals surface area contributed by atoms with E-state index in [1.165, 1.54) is 0 Å². The molecule has 1 atom stereocenters. The minimum absolute atomic E-state index is 0.0714. The Morgan fingerprint density at radius 3 is 2.32 bits per heavy atom. The van der Waals surface area contributed by atoms with Crippen LogP contribution in [-0.4, -0.2) is 32.4 Å². The maximum atomic E-state index is 12.5. The number of hydrogen-bond donors (Lipinski definition) is 2. The van der Waals surface area contributed by atoms with E-state index in [-0.39, 0.29) is 18.1 Å². The van der Waals surface area contributed by atoms with E-state index in [9.17, 15) is 18.0 Å². The zero-order chi connectivity index (χ0) is 18.4. The summed E-state index contributed by atoms with van der Waals surface area (Å²) in [5, 5.41) is 0. The predicted octanol–water partition coefficient (Wildman–Crippen LogP) is 1.43. The molecule has 0 heterocycles. The summed E-state index contributed by atoms with van der Waals surface area (Å²) in [6.45, 7) is 1.51. The van der Waals surface area contributed by atoms with Crippen molar-refractivity contribution in [2.24, 2.45) is 5.73 Å². The first-order valence-electron chi connectivity index (χ1n) is 7.78. The van der Waals surface area contributed by atoms with Crippen molar-refractivity contribution in [3.63, 3.8) is 0 Å². The van der Waals surface area contributed by atoms with E-state index in [0.29, 0.717) is 16.7 Å². The van der Waals surface area contributed by atoms with Crippen LogP contribution >= 0.6 is 0 Å². The van der Waals surface area contributed by atoms with Gasteiger partial charge in [-0.3, -0.25) is 14.3 Å². The van der Waals surface area contributed by atoms with Gasteiger partial charge in [-0.15, -0.1) is 0 Å². The molecule has 132 valence electrons. The lowest BCUT2D eigenvalue weighted by Crippen LogP contribution is -2.37. The van der Waals surface area contributed by atoms with Gasteiger partial charge in [0.25, 0.3) is 0 Å². The van der Waals surface area contributed by atoms with Gasteiger partial charge in [0.15, 0.2) is 5.78 Å². The molecule has 0 aliphatic heterocycles. The highest BCUT2D eigenvalue weighted by atomic mass is 32.2. The average molecular weight is 360 g/mol. The van der Waals surface area contributed by atoms with Crippen LogP contribution < -0.4 is 10.5 Å². The highest BCUT2D eigenvalue weighted by Gasteiger charge is 2.21. The van der Waals surface area contributed by atoms with Crippen molar-refractivity contribution < 1.29 is 18.0 Å². The number of hydrogen-bond acceptors (Lipinski definition) is 5. The summed E-state index contributed by atoms with van der Waals surface area (Å²) >= 11 is 0. The molecular formula is C18H20N2O4S. The number of ketones is 1. The van der Waals surface area contributed by atoms with E-state index < -0.39 is 21.8 Å². The second-order valence-electron chi connectivity index (χ2n) is 5.62. The van der Waals surface area contributed by atoms with E-state index in [4.69, 9.17) is 5.73 Å². The molecule has 0 aliphatic carbocycles. The normalized spacial score (nSPS) is 12.4. The van der Waals surface area contributed by atoms with Gasteiger partial charge >= 0.3 is 0 Å². The Balaban J connectivity index is 2.20. The van der Waals surface area contributed by atoms with Crippen LogP contribution in [0.1, 0.15) is 34.3 Å². The molecule has 0 bridgehead atoms. The molecule has 0 radical (unpaired) electrons. The Morgan fingerprint density at radius 1 is 1.04 bits per heavy atom. The Kier molecular flexibility index (Phi) is 6.06. The lowest BCUT2D eigenvalue weighted by atomic mass is 9.95. The van der Waals surface area contributed by atoms with Crippen molar-refractivity contribution in [1.82, 2.24) is 4.72 Å². The number of carbonyl (C=O) groups is 2. The standard InChI is InChI=1S/C18H20N2O4S/c1-13(18(22)20-25(23,24)11-10-19)15-8-5-9-16(12-15)17(21)14-6-3-2-4-7-14/h2-9,12-13H,10-11,19H2,1H3,(H,20,22)/t13-/m1/s1. The number of rotatable bonds is 7. The van der Waals surface area contributed by atoms with Crippen molar-refractivity contribution in [2.45, 2.75) is 12.8 Å². The number of benzene rings is 2. The van der Waals surface area contributed by atoms with Gasteiger partial charge in [-0.05, 0) is 18.6 Å². The van der Waals surface area contributed by atoms with Gasteiger partial charge in [-0.25, -0.2) is 8.42 Å². The monoisotopic (exact) mass is 360 g/mol. The minimum atomic E-state index is -3.74. The molecule has 0 saturated carbocycles. The van der Waals surface area contributed by atoms with E-state index in [1.54, 1.807) is 55.5 Å². The van der Waals surface area contributed by atoms with E-state index in [2.05, 4.69) is 0 Å². The Hall–Kier alpha value is -2.51. The number of carbonyl (C=O) groups excluding carboxylic acids is 2. The quantitative estimate of drug-likeness (QED) is 0.727. The van der Waals surface area contributed by atoms with E-state index in [1.807, 2.05) is 10.8 Å². The van der Waals surface area contributed by atoms with Crippen LogP contribution in [-0.2, 0) is 14.8 Å². The summed E-state index contributed by atoms with van der Waals surface area (Å²) in [6.07, 6.45) is 0. The summed E-state index contributed by atoms with van der Waals surface area (Å²) < 4.78 is 25.3. The Bertz CT molecular complexity index is 864. The van der Waals surface area contributed by atoms with Crippen LogP contribution in [0.2, 0.25) is 0 Å². The largest absolute Gasteiger partial charge is 0.329 e. The zero-order valence-corrected chi connectivity index (χ0v) is 14.6. The summed E-state index contributed by atoms with van der Waals surface area (Å²) in [5.41, 5.74) is 6.76. The second kappa shape index (κ2) is 8.04. The van der Waals surface area contributed by atoms with Crippen molar-refractivity contribution in [1.29, 1.82) is 0 Å². The summed E-state index contributed by atoms with van der Waals surface area (Å²) in [6, 6.07) is 15.4. The first kappa shape index (κ1) is 18.8. The first-order chi connectivity index (χ1) is 11.8. The molecule has 3 N–H and O–H groups in total. The van der Waals surface area contributed by atoms with Crippen LogP contribution in [0.4, 0.5) is 0 Å². The predicted molar refractivity (Wildman–Crippen MR) is 95.7 cm³/mol. The van der Waals surface area contributed by atoms with Gasteiger partial charge in [-0.2, -0.15) is 0 Å². The van der Waals surface area contributed by atoms with Crippen LogP contribution in [0.3, 0.4) is 0 Å². The molecule has 2 aromatic carbocycles. The highest BCUT2D eigenvalue weighted by Crippen LogP contribution is 2.19. The molecule has 25 heavy (non-hydrogen) atoms. The van der Waals surface area contributed by atoms with Crippen molar-refractivity contribution >= 4 is 21.7 Å². The number of amides is 1. The highest BCUT2D eigenvalue weighted by molar-refractivity contribution is 7.90. The summed E-state index contributed by atoms with van der Waals surface area (Å²) in [4.78, 5) is 24.7. The van der Waals surface area contributed by atoms with Gasteiger partial charge in [0.05, 0.1) is 11.7 Å². The van der Waals surface area contributed by atoms with E-state index >= 15 is 0 Å². The van der Waals surface area contributed by atoms with Crippen LogP contribution in [0.5, 0.6) is 0 Å². The lowest BCUT2D eigenvalue weighted by Gasteiger charge is -2.13. The second-order valence-corrected chi connectivity index (χ2v) is 7.46. The molecule has 0 saturated heterocycles. The maximum Gasteiger partial charge on any atom is 0.240 e. The van der Waals surface area contributed by atoms with Gasteiger partial charge < -0.3 is 5.73 Å². The van der Waals surface area contributed by atoms with Crippen molar-refractivity contribution in [2.75, 3.05) is 12.3 Å². The molecule has 0 aliphatic rings. The number of sulfonamides is 1. The third kappa shape index (κ3) is 4.98. The first-order valence-corrected chi connectivity index (χ1v) is 9.43. The van der Waals surface area contributed by atoms with E-state index in [0.717, 1.165) is 0 Å². The molecule has 0 fully saturated rings. The molecule has 1 amide bonds. The Morgan fingerprint density at radius 2 is 1.68 bits per heavy atom. The number of nitrogens with one attached hydrogen (secondary N) is 1. The molecule has 0 aromatic heterocycles. The third-order valence-electron chi connectivity index (χ3n) is 3.72. The fourth-order valence-electron chi connectivity index (χ4n) is 2.30. The van der Waals surface area contributed by atoms with Gasteiger partial charge in [0.1, 0.15) is 0 Å². The average Bonchev–Trinajstić information content (AvgIpc) is 2.60. The maximum absolute atomic E-state index is 12.5. The van der Waals surface area contributed by atoms with Crippen LogP contribution in [0.25, 0.3) is 0 Å². The zero-order valence-electron chi connectivity index (χ0n) is 13.8. The fourth-order valence-corrected chi connectivity index (χ4v) is 3.20. The van der Waals surface area contributed by atoms with Gasteiger partial charge in [0, 0.05) is 17.7 Å². The van der Waals surface area contributed by atoms with Gasteiger partial charge in [0.2, 0.25) is 15.9 Å². The topological polar surface area (TPSA) is 106 Å². The minimum Gasteiger partial charge on any atom is -0.329 e. The summed E-state index contributed by atoms with van der Waals surface area (Å²) in [5.74, 6) is -1.86. The molecule has 2 rings (SSSR count). The molecular weight excluding hydrogens is 340 g/mol. The summed E-state index contributed by atoms with van der Waals surface area (Å²) in [7, 11) is -3.74. The number of nitrogens with two attached hydrogens (primary N) is 1. The molecule has 0 spiro atoms. The molecule has 6 nitrogen and oxygen atoms in total. The van der Waals surface area contributed by atoms with Crippen molar-refractivity contribution in [3.8, 4) is 0 Å². The molecule has 7 heteroatoms. The third-order valence-corrected chi connectivity index (χ3v) is 5.01.